The summed E-state index contributed by atoms with van der Waals surface area (Å²) >= 11 is 0. The molecule has 0 bridgehead atoms. The molecule has 7 heteroatoms. The summed E-state index contributed by atoms with van der Waals surface area (Å²) in [6, 6.07) is 14.9. The topological polar surface area (TPSA) is 71.1 Å². The van der Waals surface area contributed by atoms with E-state index in [0.717, 1.165) is 54.9 Å². The number of anilines is 1. The predicted molar refractivity (Wildman–Crippen MR) is 135 cm³/mol. The number of nitrogens with zero attached hydrogens (tertiary/aromatic N) is 2. The first-order valence-electron chi connectivity index (χ1n) is 12.6. The van der Waals surface area contributed by atoms with Gasteiger partial charge in [0.05, 0.1) is 5.41 Å². The number of carbonyl (C=O) groups is 2. The van der Waals surface area contributed by atoms with Gasteiger partial charge in [0.25, 0.3) is 0 Å². The molecule has 1 spiro atoms. The van der Waals surface area contributed by atoms with E-state index < -0.39 is 11.0 Å². The second-order valence-electron chi connectivity index (χ2n) is 10.9. The molecule has 2 aromatic rings. The molecule has 0 aliphatic carbocycles. The number of amides is 2. The van der Waals surface area contributed by atoms with Crippen LogP contribution in [-0.2, 0) is 26.2 Å². The average Bonchev–Trinajstić information content (AvgIpc) is 3.09. The molecular formula is C28H35N3O4. The number of nitrogens with one attached hydrogen (secondary N) is 1. The summed E-state index contributed by atoms with van der Waals surface area (Å²) in [5.41, 5.74) is 4.60. The molecular weight excluding hydrogens is 442 g/mol. The summed E-state index contributed by atoms with van der Waals surface area (Å²) in [6.07, 6.45) is 1.24. The second-order valence-corrected chi connectivity index (χ2v) is 10.9. The van der Waals surface area contributed by atoms with Gasteiger partial charge in [0.15, 0.2) is 0 Å². The van der Waals surface area contributed by atoms with Gasteiger partial charge in [0.2, 0.25) is 5.91 Å². The lowest BCUT2D eigenvalue weighted by Gasteiger charge is -2.35. The van der Waals surface area contributed by atoms with Crippen LogP contribution >= 0.6 is 0 Å². The van der Waals surface area contributed by atoms with E-state index in [2.05, 4.69) is 52.7 Å². The lowest BCUT2D eigenvalue weighted by Crippen LogP contribution is -2.49. The SMILES string of the molecule is CC(C)(C)OC(=O)N1CCN(Cc2cccc(-c3ccc4c(c3)NC(=O)C43CCOCC3)c2)CC1. The van der Waals surface area contributed by atoms with E-state index in [9.17, 15) is 9.59 Å². The van der Waals surface area contributed by atoms with Gasteiger partial charge in [-0.1, -0.05) is 30.3 Å². The Balaban J connectivity index is 1.25. The molecule has 3 heterocycles. The van der Waals surface area contributed by atoms with E-state index in [-0.39, 0.29) is 12.0 Å². The molecule has 2 aromatic carbocycles. The predicted octanol–water partition coefficient (Wildman–Crippen LogP) is 4.41. The number of piperazine rings is 1. The molecule has 7 nitrogen and oxygen atoms in total. The lowest BCUT2D eigenvalue weighted by atomic mass is 9.75. The fraction of sp³-hybridized carbons (Fsp3) is 0.500. The summed E-state index contributed by atoms with van der Waals surface area (Å²) in [7, 11) is 0. The zero-order chi connectivity index (χ0) is 24.6. The Labute approximate surface area is 207 Å². The van der Waals surface area contributed by atoms with Gasteiger partial charge < -0.3 is 19.7 Å². The first-order chi connectivity index (χ1) is 16.7. The summed E-state index contributed by atoms with van der Waals surface area (Å²) in [5.74, 6) is 0.104. The zero-order valence-electron chi connectivity index (χ0n) is 20.9. The Morgan fingerprint density at radius 2 is 1.74 bits per heavy atom. The Morgan fingerprint density at radius 1 is 1.03 bits per heavy atom. The Bertz CT molecular complexity index is 1110. The molecule has 5 rings (SSSR count). The highest BCUT2D eigenvalue weighted by Crippen LogP contribution is 2.45. The first kappa shape index (κ1) is 23.8. The van der Waals surface area contributed by atoms with Gasteiger partial charge in [0, 0.05) is 51.6 Å². The van der Waals surface area contributed by atoms with Crippen molar-refractivity contribution < 1.29 is 19.1 Å². The van der Waals surface area contributed by atoms with Crippen LogP contribution in [0.2, 0.25) is 0 Å². The minimum Gasteiger partial charge on any atom is -0.444 e. The summed E-state index contributed by atoms with van der Waals surface area (Å²) in [5, 5.41) is 3.13. The number of carbonyl (C=O) groups excluding carboxylic acids is 2. The number of benzene rings is 2. The van der Waals surface area contributed by atoms with Crippen LogP contribution < -0.4 is 5.32 Å². The maximum Gasteiger partial charge on any atom is 0.410 e. The Morgan fingerprint density at radius 3 is 2.46 bits per heavy atom. The van der Waals surface area contributed by atoms with Crippen molar-refractivity contribution in [3.8, 4) is 11.1 Å². The third-order valence-electron chi connectivity index (χ3n) is 7.25. The molecule has 2 fully saturated rings. The molecule has 0 aromatic heterocycles. The molecule has 0 radical (unpaired) electrons. The standard InChI is InChI=1S/C28H35N3O4/c1-27(2,3)35-26(33)31-13-11-30(12-14-31)19-20-5-4-6-21(17-20)22-7-8-23-24(18-22)29-25(32)28(23)9-15-34-16-10-28/h4-8,17-18H,9-16,19H2,1-3H3,(H,29,32). The van der Waals surface area contributed by atoms with Crippen molar-refractivity contribution in [3.05, 3.63) is 53.6 Å². The van der Waals surface area contributed by atoms with Gasteiger partial charge in [-0.25, -0.2) is 4.79 Å². The highest BCUT2D eigenvalue weighted by molar-refractivity contribution is 6.07. The third kappa shape index (κ3) is 4.93. The smallest absolute Gasteiger partial charge is 0.410 e. The number of fused-ring (bicyclic) bond motifs is 2. The zero-order valence-corrected chi connectivity index (χ0v) is 20.9. The number of rotatable bonds is 3. The molecule has 0 atom stereocenters. The Kier molecular flexibility index (Phi) is 6.32. The number of hydrogen-bond acceptors (Lipinski definition) is 5. The highest BCUT2D eigenvalue weighted by atomic mass is 16.6. The van der Waals surface area contributed by atoms with Crippen molar-refractivity contribution in [1.29, 1.82) is 0 Å². The molecule has 2 saturated heterocycles. The second kappa shape index (κ2) is 9.28. The molecule has 35 heavy (non-hydrogen) atoms. The lowest BCUT2D eigenvalue weighted by molar-refractivity contribution is -0.124. The van der Waals surface area contributed by atoms with Crippen LogP contribution in [0, 0.1) is 0 Å². The number of hydrogen-bond donors (Lipinski definition) is 1. The first-order valence-corrected chi connectivity index (χ1v) is 12.6. The largest absolute Gasteiger partial charge is 0.444 e. The number of ether oxygens (including phenoxy) is 2. The van der Waals surface area contributed by atoms with Crippen LogP contribution in [0.4, 0.5) is 10.5 Å². The molecule has 3 aliphatic rings. The van der Waals surface area contributed by atoms with Gasteiger partial charge >= 0.3 is 6.09 Å². The highest BCUT2D eigenvalue weighted by Gasteiger charge is 2.47. The van der Waals surface area contributed by atoms with Gasteiger partial charge in [-0.2, -0.15) is 0 Å². The van der Waals surface area contributed by atoms with Crippen molar-refractivity contribution in [1.82, 2.24) is 9.80 Å². The molecule has 1 N–H and O–H groups in total. The fourth-order valence-corrected chi connectivity index (χ4v) is 5.35. The average molecular weight is 478 g/mol. The van der Waals surface area contributed by atoms with Gasteiger partial charge in [-0.15, -0.1) is 0 Å². The maximum absolute atomic E-state index is 12.9. The summed E-state index contributed by atoms with van der Waals surface area (Å²) in [4.78, 5) is 29.4. The van der Waals surface area contributed by atoms with Crippen LogP contribution in [0.25, 0.3) is 11.1 Å². The van der Waals surface area contributed by atoms with Gasteiger partial charge in [-0.05, 0) is 68.0 Å². The summed E-state index contributed by atoms with van der Waals surface area (Å²) < 4.78 is 11.0. The van der Waals surface area contributed by atoms with Gasteiger partial charge in [0.1, 0.15) is 5.60 Å². The quantitative estimate of drug-likeness (QED) is 0.709. The van der Waals surface area contributed by atoms with Crippen LogP contribution in [0.5, 0.6) is 0 Å². The normalized spacial score (nSPS) is 20.0. The van der Waals surface area contributed by atoms with Crippen molar-refractivity contribution in [2.45, 2.75) is 51.2 Å². The van der Waals surface area contributed by atoms with Crippen LogP contribution in [0.15, 0.2) is 42.5 Å². The van der Waals surface area contributed by atoms with Crippen molar-refractivity contribution in [2.75, 3.05) is 44.7 Å². The van der Waals surface area contributed by atoms with E-state index >= 15 is 0 Å². The minimum atomic E-state index is -0.472. The molecule has 0 unspecified atom stereocenters. The van der Waals surface area contributed by atoms with Crippen LogP contribution in [0.3, 0.4) is 0 Å². The van der Waals surface area contributed by atoms with Crippen molar-refractivity contribution in [3.63, 3.8) is 0 Å². The van der Waals surface area contributed by atoms with Crippen LogP contribution in [-0.4, -0.2) is 66.8 Å². The van der Waals surface area contributed by atoms with E-state index in [4.69, 9.17) is 9.47 Å². The summed E-state index contributed by atoms with van der Waals surface area (Å²) in [6.45, 7) is 10.8. The Hall–Kier alpha value is -2.90. The fourth-order valence-electron chi connectivity index (χ4n) is 5.35. The third-order valence-corrected chi connectivity index (χ3v) is 7.25. The molecule has 3 aliphatic heterocycles. The van der Waals surface area contributed by atoms with E-state index in [1.807, 2.05) is 20.8 Å². The molecule has 2 amide bonds. The maximum atomic E-state index is 12.9. The van der Waals surface area contributed by atoms with E-state index in [1.54, 1.807) is 4.90 Å². The van der Waals surface area contributed by atoms with Crippen molar-refractivity contribution in [2.24, 2.45) is 0 Å². The molecule has 186 valence electrons. The van der Waals surface area contributed by atoms with E-state index in [0.29, 0.717) is 26.3 Å². The molecule has 0 saturated carbocycles. The van der Waals surface area contributed by atoms with Crippen LogP contribution in [0.1, 0.15) is 44.7 Å². The minimum absolute atomic E-state index is 0.104. The van der Waals surface area contributed by atoms with Gasteiger partial charge in [-0.3, -0.25) is 9.69 Å². The van der Waals surface area contributed by atoms with E-state index in [1.165, 1.54) is 5.56 Å². The van der Waals surface area contributed by atoms with Crippen molar-refractivity contribution >= 4 is 17.7 Å². The monoisotopic (exact) mass is 477 g/mol.